The number of hydrogen-bond acceptors (Lipinski definition) is 2. The third-order valence-electron chi connectivity index (χ3n) is 4.28. The average Bonchev–Trinajstić information content (AvgIpc) is 2.80. The maximum Gasteiger partial charge on any atom is 0.251 e. The second-order valence-electron chi connectivity index (χ2n) is 6.08. The van der Waals surface area contributed by atoms with Gasteiger partial charge in [0.05, 0.1) is 5.69 Å². The Hall–Kier alpha value is -1.84. The largest absolute Gasteiger partial charge is 0.349 e. The third kappa shape index (κ3) is 3.43. The van der Waals surface area contributed by atoms with Gasteiger partial charge in [0, 0.05) is 24.0 Å². The van der Waals surface area contributed by atoms with E-state index in [1.807, 2.05) is 35.9 Å². The first-order valence-corrected chi connectivity index (χ1v) is 7.98. The van der Waals surface area contributed by atoms with E-state index in [0.29, 0.717) is 11.6 Å². The Labute approximate surface area is 125 Å². The van der Waals surface area contributed by atoms with Crippen LogP contribution in [0, 0.1) is 6.92 Å². The van der Waals surface area contributed by atoms with Crippen molar-refractivity contribution in [2.24, 2.45) is 0 Å². The van der Waals surface area contributed by atoms with Gasteiger partial charge in [-0.3, -0.25) is 4.79 Å². The van der Waals surface area contributed by atoms with Crippen LogP contribution < -0.4 is 5.32 Å². The van der Waals surface area contributed by atoms with Gasteiger partial charge in [-0.2, -0.15) is 0 Å². The minimum absolute atomic E-state index is 0.0312. The fourth-order valence-electron chi connectivity index (χ4n) is 3.12. The first kappa shape index (κ1) is 14.1. The van der Waals surface area contributed by atoms with Gasteiger partial charge in [0.25, 0.3) is 5.91 Å². The summed E-state index contributed by atoms with van der Waals surface area (Å²) in [6.07, 6.45) is 12.5. The summed E-state index contributed by atoms with van der Waals surface area (Å²) in [5.41, 5.74) is 2.50. The van der Waals surface area contributed by atoms with Crippen molar-refractivity contribution < 1.29 is 4.79 Å². The average molecular weight is 285 g/mol. The van der Waals surface area contributed by atoms with Gasteiger partial charge in [0.1, 0.15) is 5.65 Å². The molecule has 1 fully saturated rings. The van der Waals surface area contributed by atoms with Crippen molar-refractivity contribution in [3.05, 3.63) is 35.8 Å². The second kappa shape index (κ2) is 6.29. The number of nitrogens with zero attached hydrogens (tertiary/aromatic N) is 2. The molecule has 0 bridgehead atoms. The van der Waals surface area contributed by atoms with Gasteiger partial charge in [-0.05, 0) is 31.9 Å². The van der Waals surface area contributed by atoms with E-state index < -0.39 is 0 Å². The van der Waals surface area contributed by atoms with Crippen molar-refractivity contribution in [1.82, 2.24) is 14.7 Å². The van der Waals surface area contributed by atoms with E-state index >= 15 is 0 Å². The normalized spacial score (nSPS) is 17.4. The van der Waals surface area contributed by atoms with Crippen LogP contribution in [0.5, 0.6) is 0 Å². The molecule has 2 aromatic rings. The van der Waals surface area contributed by atoms with Crippen LogP contribution >= 0.6 is 0 Å². The molecule has 1 amide bonds. The van der Waals surface area contributed by atoms with E-state index in [2.05, 4.69) is 10.3 Å². The molecule has 112 valence electrons. The second-order valence-corrected chi connectivity index (χ2v) is 6.08. The van der Waals surface area contributed by atoms with Gasteiger partial charge >= 0.3 is 0 Å². The fourth-order valence-corrected chi connectivity index (χ4v) is 3.12. The number of aryl methyl sites for hydroxylation is 1. The monoisotopic (exact) mass is 285 g/mol. The number of carbonyl (C=O) groups excluding carboxylic acids is 1. The maximum absolute atomic E-state index is 12.4. The molecule has 21 heavy (non-hydrogen) atoms. The highest BCUT2D eigenvalue weighted by molar-refractivity contribution is 5.95. The summed E-state index contributed by atoms with van der Waals surface area (Å²) in [6.45, 7) is 1.96. The Morgan fingerprint density at radius 2 is 1.95 bits per heavy atom. The number of hydrogen-bond donors (Lipinski definition) is 1. The topological polar surface area (TPSA) is 46.4 Å². The van der Waals surface area contributed by atoms with E-state index in [-0.39, 0.29) is 5.91 Å². The molecule has 0 atom stereocenters. The van der Waals surface area contributed by atoms with Crippen LogP contribution in [0.4, 0.5) is 0 Å². The predicted octanol–water partition coefficient (Wildman–Crippen LogP) is 3.49. The van der Waals surface area contributed by atoms with Crippen LogP contribution in [0.3, 0.4) is 0 Å². The zero-order valence-electron chi connectivity index (χ0n) is 12.6. The molecule has 0 unspecified atom stereocenters. The minimum Gasteiger partial charge on any atom is -0.349 e. The summed E-state index contributed by atoms with van der Waals surface area (Å²) in [5.74, 6) is 0.0312. The molecule has 4 heteroatoms. The lowest BCUT2D eigenvalue weighted by Crippen LogP contribution is -2.35. The van der Waals surface area contributed by atoms with Gasteiger partial charge in [-0.15, -0.1) is 0 Å². The molecule has 0 aliphatic heterocycles. The number of fused-ring (bicyclic) bond motifs is 1. The molecule has 1 saturated carbocycles. The summed E-state index contributed by atoms with van der Waals surface area (Å²) >= 11 is 0. The molecule has 2 heterocycles. The van der Waals surface area contributed by atoms with Gasteiger partial charge in [-0.1, -0.05) is 32.1 Å². The zero-order chi connectivity index (χ0) is 14.7. The first-order valence-electron chi connectivity index (χ1n) is 7.98. The van der Waals surface area contributed by atoms with Gasteiger partial charge < -0.3 is 9.72 Å². The molecule has 0 saturated heterocycles. The number of nitrogens with one attached hydrogen (secondary N) is 1. The van der Waals surface area contributed by atoms with E-state index in [9.17, 15) is 4.79 Å². The summed E-state index contributed by atoms with van der Waals surface area (Å²) in [5, 5.41) is 3.20. The highest BCUT2D eigenvalue weighted by Gasteiger charge is 2.15. The van der Waals surface area contributed by atoms with Crippen LogP contribution in [-0.2, 0) is 0 Å². The Morgan fingerprint density at radius 3 is 2.71 bits per heavy atom. The standard InChI is InChI=1S/C17H23N3O/c1-13-12-20-10-9-14(11-16(20)18-13)17(21)19-15-7-5-3-2-4-6-8-15/h9-12,15H,2-8H2,1H3,(H,19,21). The number of pyridine rings is 1. The molecule has 0 radical (unpaired) electrons. The van der Waals surface area contributed by atoms with Crippen LogP contribution in [0.1, 0.15) is 61.0 Å². The van der Waals surface area contributed by atoms with E-state index in [4.69, 9.17) is 0 Å². The Bertz CT molecular complexity index is 624. The molecule has 1 aliphatic carbocycles. The van der Waals surface area contributed by atoms with Crippen molar-refractivity contribution in [2.45, 2.75) is 57.9 Å². The van der Waals surface area contributed by atoms with Crippen molar-refractivity contribution in [2.75, 3.05) is 0 Å². The lowest BCUT2D eigenvalue weighted by molar-refractivity contribution is 0.0930. The summed E-state index contributed by atoms with van der Waals surface area (Å²) in [7, 11) is 0. The fraction of sp³-hybridized carbons (Fsp3) is 0.529. The molecule has 1 aliphatic rings. The number of amides is 1. The summed E-state index contributed by atoms with van der Waals surface area (Å²) in [6, 6.07) is 4.06. The number of rotatable bonds is 2. The van der Waals surface area contributed by atoms with Crippen molar-refractivity contribution in [1.29, 1.82) is 0 Å². The Balaban J connectivity index is 1.70. The molecule has 2 aromatic heterocycles. The smallest absolute Gasteiger partial charge is 0.251 e. The molecule has 0 spiro atoms. The highest BCUT2D eigenvalue weighted by atomic mass is 16.1. The van der Waals surface area contributed by atoms with Crippen molar-refractivity contribution in [3.8, 4) is 0 Å². The van der Waals surface area contributed by atoms with Crippen LogP contribution in [0.25, 0.3) is 5.65 Å². The minimum atomic E-state index is 0.0312. The van der Waals surface area contributed by atoms with Crippen molar-refractivity contribution in [3.63, 3.8) is 0 Å². The molecule has 3 rings (SSSR count). The van der Waals surface area contributed by atoms with E-state index in [1.165, 1.54) is 32.1 Å². The lowest BCUT2D eigenvalue weighted by Gasteiger charge is -2.21. The third-order valence-corrected chi connectivity index (χ3v) is 4.28. The zero-order valence-corrected chi connectivity index (χ0v) is 12.6. The number of imidazole rings is 1. The SMILES string of the molecule is Cc1cn2ccc(C(=O)NC3CCCCCCC3)cc2n1. The first-order chi connectivity index (χ1) is 10.2. The number of aromatic nitrogens is 2. The maximum atomic E-state index is 12.4. The molecular formula is C17H23N3O. The molecular weight excluding hydrogens is 262 g/mol. The van der Waals surface area contributed by atoms with E-state index in [0.717, 1.165) is 24.2 Å². The summed E-state index contributed by atoms with van der Waals surface area (Å²) < 4.78 is 1.95. The van der Waals surface area contributed by atoms with Crippen molar-refractivity contribution >= 4 is 11.6 Å². The van der Waals surface area contributed by atoms with Gasteiger partial charge in [0.2, 0.25) is 0 Å². The number of carbonyl (C=O) groups is 1. The molecule has 4 nitrogen and oxygen atoms in total. The Morgan fingerprint density at radius 1 is 1.24 bits per heavy atom. The molecule has 0 aromatic carbocycles. The quantitative estimate of drug-likeness (QED) is 0.918. The highest BCUT2D eigenvalue weighted by Crippen LogP contribution is 2.17. The van der Waals surface area contributed by atoms with Crippen LogP contribution in [-0.4, -0.2) is 21.3 Å². The van der Waals surface area contributed by atoms with Crippen LogP contribution in [0.15, 0.2) is 24.5 Å². The van der Waals surface area contributed by atoms with E-state index in [1.54, 1.807) is 0 Å². The predicted molar refractivity (Wildman–Crippen MR) is 83.5 cm³/mol. The Kier molecular flexibility index (Phi) is 4.23. The van der Waals surface area contributed by atoms with Gasteiger partial charge in [0.15, 0.2) is 0 Å². The summed E-state index contributed by atoms with van der Waals surface area (Å²) in [4.78, 5) is 16.8. The lowest BCUT2D eigenvalue weighted by atomic mass is 9.96. The van der Waals surface area contributed by atoms with Crippen LogP contribution in [0.2, 0.25) is 0 Å². The molecule has 1 N–H and O–H groups in total. The van der Waals surface area contributed by atoms with Gasteiger partial charge in [-0.25, -0.2) is 4.98 Å².